The summed E-state index contributed by atoms with van der Waals surface area (Å²) >= 11 is 0. The van der Waals surface area contributed by atoms with Crippen molar-refractivity contribution in [1.29, 1.82) is 0 Å². The third-order valence-corrected chi connectivity index (χ3v) is 4.89. The van der Waals surface area contributed by atoms with Crippen LogP contribution in [0.3, 0.4) is 0 Å². The molecular weight excluding hydrogens is 336 g/mol. The first-order valence-corrected chi connectivity index (χ1v) is 9.53. The first kappa shape index (κ1) is 17.6. The molecule has 1 aliphatic heterocycles. The van der Waals surface area contributed by atoms with Crippen molar-refractivity contribution in [3.8, 4) is 11.4 Å². The fourth-order valence-electron chi connectivity index (χ4n) is 3.42. The first-order chi connectivity index (χ1) is 13.3. The van der Waals surface area contributed by atoms with Gasteiger partial charge in [-0.3, -0.25) is 4.98 Å². The Morgan fingerprint density at radius 2 is 1.89 bits per heavy atom. The summed E-state index contributed by atoms with van der Waals surface area (Å²) in [6.07, 6.45) is 6.44. The van der Waals surface area contributed by atoms with E-state index in [2.05, 4.69) is 52.5 Å². The van der Waals surface area contributed by atoms with Gasteiger partial charge >= 0.3 is 0 Å². The number of ether oxygens (including phenoxy) is 1. The number of benzene rings is 1. The van der Waals surface area contributed by atoms with Gasteiger partial charge in [0, 0.05) is 42.4 Å². The Balaban J connectivity index is 1.53. The predicted octanol–water partition coefficient (Wildman–Crippen LogP) is 4.43. The van der Waals surface area contributed by atoms with Gasteiger partial charge in [0.1, 0.15) is 5.82 Å². The third-order valence-electron chi connectivity index (χ3n) is 4.89. The van der Waals surface area contributed by atoms with Crippen LogP contribution in [-0.2, 0) is 11.2 Å². The minimum Gasteiger partial charge on any atom is -0.373 e. The maximum Gasteiger partial charge on any atom is 0.161 e. The van der Waals surface area contributed by atoms with Crippen LogP contribution in [0, 0.1) is 0 Å². The van der Waals surface area contributed by atoms with E-state index in [1.807, 2.05) is 18.2 Å². The predicted molar refractivity (Wildman–Crippen MR) is 106 cm³/mol. The second-order valence-corrected chi connectivity index (χ2v) is 6.79. The minimum atomic E-state index is 0.129. The van der Waals surface area contributed by atoms with E-state index in [0.29, 0.717) is 6.04 Å². The average Bonchev–Trinajstić information content (AvgIpc) is 2.75. The Morgan fingerprint density at radius 1 is 1.07 bits per heavy atom. The summed E-state index contributed by atoms with van der Waals surface area (Å²) in [7, 11) is 0. The van der Waals surface area contributed by atoms with Crippen molar-refractivity contribution < 1.29 is 4.74 Å². The molecule has 138 valence electrons. The van der Waals surface area contributed by atoms with Crippen LogP contribution in [0.1, 0.15) is 37.1 Å². The van der Waals surface area contributed by atoms with Crippen molar-refractivity contribution in [1.82, 2.24) is 15.0 Å². The zero-order chi connectivity index (χ0) is 18.5. The molecule has 1 saturated heterocycles. The molecule has 4 rings (SSSR count). The van der Waals surface area contributed by atoms with Crippen molar-refractivity contribution in [2.24, 2.45) is 0 Å². The van der Waals surface area contributed by atoms with Crippen LogP contribution in [0.2, 0.25) is 0 Å². The molecule has 3 aromatic rings. The van der Waals surface area contributed by atoms with Crippen LogP contribution in [0.4, 0.5) is 5.82 Å². The second kappa shape index (κ2) is 8.27. The number of nitrogens with zero attached hydrogens (tertiary/aromatic N) is 3. The molecule has 0 spiro atoms. The molecule has 1 aliphatic rings. The molecule has 2 unspecified atom stereocenters. The van der Waals surface area contributed by atoms with E-state index >= 15 is 0 Å². The third kappa shape index (κ3) is 4.31. The Labute approximate surface area is 159 Å². The lowest BCUT2D eigenvalue weighted by atomic mass is 9.97. The lowest BCUT2D eigenvalue weighted by molar-refractivity contribution is 0.00974. The molecule has 0 amide bonds. The summed E-state index contributed by atoms with van der Waals surface area (Å²) in [5, 5.41) is 3.62. The highest BCUT2D eigenvalue weighted by molar-refractivity contribution is 5.57. The van der Waals surface area contributed by atoms with E-state index in [9.17, 15) is 0 Å². The Morgan fingerprint density at radius 3 is 2.67 bits per heavy atom. The van der Waals surface area contributed by atoms with E-state index in [1.54, 1.807) is 12.4 Å². The van der Waals surface area contributed by atoms with Crippen molar-refractivity contribution in [3.63, 3.8) is 0 Å². The molecule has 0 bridgehead atoms. The Bertz CT molecular complexity index is 870. The van der Waals surface area contributed by atoms with Crippen molar-refractivity contribution in [2.75, 3.05) is 11.9 Å². The van der Waals surface area contributed by atoms with Crippen LogP contribution < -0.4 is 5.32 Å². The summed E-state index contributed by atoms with van der Waals surface area (Å²) in [5.74, 6) is 1.62. The lowest BCUT2D eigenvalue weighted by Crippen LogP contribution is -2.30. The molecule has 1 N–H and O–H groups in total. The summed E-state index contributed by atoms with van der Waals surface area (Å²) in [6.45, 7) is 2.86. The molecule has 0 aliphatic carbocycles. The molecule has 5 nitrogen and oxygen atoms in total. The van der Waals surface area contributed by atoms with Crippen molar-refractivity contribution >= 4 is 5.82 Å². The molecule has 2 aromatic heterocycles. The topological polar surface area (TPSA) is 59.9 Å². The quantitative estimate of drug-likeness (QED) is 0.729. The molecule has 5 heteroatoms. The number of hydrogen-bond acceptors (Lipinski definition) is 5. The van der Waals surface area contributed by atoms with E-state index in [0.717, 1.165) is 48.8 Å². The van der Waals surface area contributed by atoms with Crippen LogP contribution in [-0.4, -0.2) is 27.6 Å². The smallest absolute Gasteiger partial charge is 0.161 e. The van der Waals surface area contributed by atoms with Gasteiger partial charge < -0.3 is 10.1 Å². The molecular formula is C22H24N4O. The molecule has 0 saturated carbocycles. The van der Waals surface area contributed by atoms with Crippen molar-refractivity contribution in [2.45, 2.75) is 38.3 Å². The molecule has 0 radical (unpaired) electrons. The van der Waals surface area contributed by atoms with Gasteiger partial charge in [-0.2, -0.15) is 0 Å². The number of nitrogens with one attached hydrogen (secondary N) is 1. The number of rotatable bonds is 5. The van der Waals surface area contributed by atoms with Gasteiger partial charge in [0.25, 0.3) is 0 Å². The fraction of sp³-hybridized carbons (Fsp3) is 0.318. The minimum absolute atomic E-state index is 0.129. The highest BCUT2D eigenvalue weighted by atomic mass is 16.5. The number of aryl methyl sites for hydroxylation is 1. The standard InChI is InChI=1S/C22H24N4O/c1-2-18-15-21(26-22(25-18)17-8-11-23-12-9-17)24-19-10-13-27-20(14-19)16-6-4-3-5-7-16/h3-9,11-12,15,19-20H,2,10,13-14H2,1H3,(H,24,25,26). The maximum atomic E-state index is 5.99. The molecule has 1 fully saturated rings. The number of aromatic nitrogens is 3. The molecule has 2 atom stereocenters. The van der Waals surface area contributed by atoms with E-state index in [1.165, 1.54) is 5.56 Å². The largest absolute Gasteiger partial charge is 0.373 e. The molecule has 1 aromatic carbocycles. The average molecular weight is 360 g/mol. The second-order valence-electron chi connectivity index (χ2n) is 6.79. The van der Waals surface area contributed by atoms with Crippen LogP contribution in [0.25, 0.3) is 11.4 Å². The lowest BCUT2D eigenvalue weighted by Gasteiger charge is -2.31. The zero-order valence-corrected chi connectivity index (χ0v) is 15.5. The van der Waals surface area contributed by atoms with Crippen LogP contribution in [0.5, 0.6) is 0 Å². The summed E-state index contributed by atoms with van der Waals surface area (Å²) in [6, 6.07) is 16.7. The Kier molecular flexibility index (Phi) is 5.39. The van der Waals surface area contributed by atoms with E-state index < -0.39 is 0 Å². The zero-order valence-electron chi connectivity index (χ0n) is 15.5. The number of anilines is 1. The monoisotopic (exact) mass is 360 g/mol. The maximum absolute atomic E-state index is 5.99. The number of hydrogen-bond donors (Lipinski definition) is 1. The van der Waals surface area contributed by atoms with Gasteiger partial charge in [0.05, 0.1) is 6.10 Å². The van der Waals surface area contributed by atoms with Gasteiger partial charge in [-0.1, -0.05) is 37.3 Å². The summed E-state index contributed by atoms with van der Waals surface area (Å²) in [5.41, 5.74) is 3.25. The van der Waals surface area contributed by atoms with Gasteiger partial charge in [-0.05, 0) is 37.0 Å². The fourth-order valence-corrected chi connectivity index (χ4v) is 3.42. The Hall–Kier alpha value is -2.79. The first-order valence-electron chi connectivity index (χ1n) is 9.53. The van der Waals surface area contributed by atoms with Gasteiger partial charge in [0.15, 0.2) is 5.82 Å². The van der Waals surface area contributed by atoms with E-state index in [4.69, 9.17) is 9.72 Å². The summed E-state index contributed by atoms with van der Waals surface area (Å²) < 4.78 is 5.99. The summed E-state index contributed by atoms with van der Waals surface area (Å²) in [4.78, 5) is 13.5. The van der Waals surface area contributed by atoms with E-state index in [-0.39, 0.29) is 6.10 Å². The van der Waals surface area contributed by atoms with Gasteiger partial charge in [0.2, 0.25) is 0 Å². The van der Waals surface area contributed by atoms with Crippen molar-refractivity contribution in [3.05, 3.63) is 72.2 Å². The molecule has 27 heavy (non-hydrogen) atoms. The van der Waals surface area contributed by atoms with Gasteiger partial charge in [-0.15, -0.1) is 0 Å². The van der Waals surface area contributed by atoms with Crippen LogP contribution >= 0.6 is 0 Å². The SMILES string of the molecule is CCc1cc(NC2CCOC(c3ccccc3)C2)nc(-c2ccncc2)n1. The normalized spacial score (nSPS) is 19.6. The highest BCUT2D eigenvalue weighted by Gasteiger charge is 2.24. The highest BCUT2D eigenvalue weighted by Crippen LogP contribution is 2.29. The molecule has 3 heterocycles. The number of pyridine rings is 1. The van der Waals surface area contributed by atoms with Crippen LogP contribution in [0.15, 0.2) is 60.9 Å². The van der Waals surface area contributed by atoms with Gasteiger partial charge in [-0.25, -0.2) is 9.97 Å².